The van der Waals surface area contributed by atoms with E-state index in [0.717, 1.165) is 6.42 Å². The van der Waals surface area contributed by atoms with Crippen molar-refractivity contribution in [2.45, 2.75) is 19.7 Å². The van der Waals surface area contributed by atoms with Crippen LogP contribution in [0.15, 0.2) is 23.8 Å². The average Bonchev–Trinajstić information content (AvgIpc) is 1.88. The van der Waals surface area contributed by atoms with Gasteiger partial charge in [-0.2, -0.15) is 0 Å². The summed E-state index contributed by atoms with van der Waals surface area (Å²) < 4.78 is 21.2. The monoisotopic (exact) mass is 97.1 g/mol. The van der Waals surface area contributed by atoms with Gasteiger partial charge in [0.05, 0.1) is 0 Å². The van der Waals surface area contributed by atoms with Crippen LogP contribution in [0, 0.1) is 0 Å². The van der Waals surface area contributed by atoms with Crippen molar-refractivity contribution >= 4 is 0 Å². The van der Waals surface area contributed by atoms with Gasteiger partial charge in [-0.15, -0.1) is 0 Å². The molecule has 0 aliphatic heterocycles. The molecular formula is C7H10. The Bertz CT molecular complexity index is 174. The highest BCUT2D eigenvalue weighted by molar-refractivity contribution is 5.15. The van der Waals surface area contributed by atoms with Crippen molar-refractivity contribution in [1.29, 1.82) is 0 Å². The minimum Gasteiger partial charge on any atom is -0.0842 e. The van der Waals surface area contributed by atoms with E-state index in [0.29, 0.717) is 12.0 Å². The molecule has 1 aliphatic rings. The second-order valence-corrected chi connectivity index (χ2v) is 1.66. The van der Waals surface area contributed by atoms with E-state index in [1.165, 1.54) is 0 Å². The molecule has 0 spiro atoms. The summed E-state index contributed by atoms with van der Waals surface area (Å²) in [5.74, 6) is 0. The smallest absolute Gasteiger partial charge is 0.0276 e. The predicted molar refractivity (Wildman–Crippen MR) is 32.1 cm³/mol. The summed E-state index contributed by atoms with van der Waals surface area (Å²) in [5, 5.41) is 0. The van der Waals surface area contributed by atoms with E-state index in [9.17, 15) is 0 Å². The molecule has 0 N–H and O–H groups in total. The fourth-order valence-corrected chi connectivity index (χ4v) is 0.603. The van der Waals surface area contributed by atoms with E-state index in [2.05, 4.69) is 0 Å². The third-order valence-electron chi connectivity index (χ3n) is 1.01. The number of rotatable bonds is 0. The zero-order chi connectivity index (χ0) is 7.61. The van der Waals surface area contributed by atoms with Crippen molar-refractivity contribution in [3.8, 4) is 0 Å². The molecule has 0 atom stereocenters. The van der Waals surface area contributed by atoms with Gasteiger partial charge in [-0.3, -0.25) is 0 Å². The predicted octanol–water partition coefficient (Wildman–Crippen LogP) is 2.28. The molecule has 0 amide bonds. The van der Waals surface area contributed by atoms with E-state index < -0.39 is 6.85 Å². The largest absolute Gasteiger partial charge is 0.0842 e. The van der Waals surface area contributed by atoms with Crippen LogP contribution in [0.3, 0.4) is 0 Å². The van der Waals surface area contributed by atoms with Gasteiger partial charge in [0, 0.05) is 4.11 Å². The van der Waals surface area contributed by atoms with Gasteiger partial charge in [-0.25, -0.2) is 0 Å². The van der Waals surface area contributed by atoms with Crippen molar-refractivity contribution in [2.24, 2.45) is 0 Å². The van der Waals surface area contributed by atoms with Crippen molar-refractivity contribution in [3.63, 3.8) is 0 Å². The fraction of sp³-hybridized carbons (Fsp3) is 0.429. The van der Waals surface area contributed by atoms with Crippen LogP contribution in [0.4, 0.5) is 0 Å². The van der Waals surface area contributed by atoms with Gasteiger partial charge in [0.2, 0.25) is 0 Å². The first-order chi connectivity index (χ1) is 4.61. The van der Waals surface area contributed by atoms with Gasteiger partial charge in [-0.05, 0) is 19.7 Å². The quantitative estimate of drug-likeness (QED) is 0.435. The third kappa shape index (κ3) is 1.19. The molecule has 0 heterocycles. The molecular weight excluding hydrogens is 84.1 g/mol. The summed E-state index contributed by atoms with van der Waals surface area (Å²) >= 11 is 0. The summed E-state index contributed by atoms with van der Waals surface area (Å²) in [6.07, 6.45) is 7.04. The van der Waals surface area contributed by atoms with Gasteiger partial charge >= 0.3 is 0 Å². The molecule has 0 aromatic rings. The molecule has 0 saturated carbocycles. The lowest BCUT2D eigenvalue weighted by molar-refractivity contribution is 0.962. The third-order valence-corrected chi connectivity index (χ3v) is 1.01. The molecule has 0 aromatic carbocycles. The second kappa shape index (κ2) is 1.97. The van der Waals surface area contributed by atoms with Crippen LogP contribution in [0.2, 0.25) is 0 Å². The molecule has 1 rings (SSSR count). The number of allylic oxidation sites excluding steroid dienone is 4. The molecule has 0 fully saturated rings. The minimum atomic E-state index is -1.87. The first-order valence-electron chi connectivity index (χ1n) is 3.97. The summed E-state index contributed by atoms with van der Waals surface area (Å²) in [6.45, 7) is -1.87. The topological polar surface area (TPSA) is 0 Å². The van der Waals surface area contributed by atoms with Crippen LogP contribution in [0.1, 0.15) is 23.8 Å². The van der Waals surface area contributed by atoms with Crippen LogP contribution in [0.5, 0.6) is 0 Å². The van der Waals surface area contributed by atoms with Crippen molar-refractivity contribution in [3.05, 3.63) is 23.8 Å². The second-order valence-electron chi connectivity index (χ2n) is 1.66. The lowest BCUT2D eigenvalue weighted by atomic mass is 10.1. The Labute approximate surface area is 48.8 Å². The van der Waals surface area contributed by atoms with E-state index in [1.54, 1.807) is 6.08 Å². The molecule has 0 heteroatoms. The van der Waals surface area contributed by atoms with E-state index >= 15 is 0 Å². The number of hydrogen-bond acceptors (Lipinski definition) is 0. The molecule has 0 saturated heterocycles. The standard InChI is InChI=1S/C7H10/c1-7-5-3-2-4-6-7/h2-3,5H,4,6H2,1H3/i1D3. The van der Waals surface area contributed by atoms with Crippen molar-refractivity contribution in [1.82, 2.24) is 0 Å². The molecule has 0 aromatic heterocycles. The summed E-state index contributed by atoms with van der Waals surface area (Å²) in [4.78, 5) is 0. The molecule has 0 unspecified atom stereocenters. The van der Waals surface area contributed by atoms with E-state index in [1.807, 2.05) is 12.2 Å². The highest BCUT2D eigenvalue weighted by Gasteiger charge is 1.88. The first-order valence-corrected chi connectivity index (χ1v) is 2.47. The maximum atomic E-state index is 7.06. The van der Waals surface area contributed by atoms with Crippen LogP contribution in [-0.2, 0) is 0 Å². The first kappa shape index (κ1) is 2.17. The Hall–Kier alpha value is -0.520. The van der Waals surface area contributed by atoms with Crippen LogP contribution >= 0.6 is 0 Å². The maximum absolute atomic E-state index is 7.06. The minimum absolute atomic E-state index is 0.579. The van der Waals surface area contributed by atoms with Gasteiger partial charge in [0.15, 0.2) is 0 Å². The Morgan fingerprint density at radius 2 is 2.86 bits per heavy atom. The summed E-state index contributed by atoms with van der Waals surface area (Å²) in [5.41, 5.74) is 0.579. The summed E-state index contributed by atoms with van der Waals surface area (Å²) in [6, 6.07) is 0. The van der Waals surface area contributed by atoms with E-state index in [4.69, 9.17) is 4.11 Å². The maximum Gasteiger partial charge on any atom is 0.0276 e. The zero-order valence-corrected chi connectivity index (χ0v) is 4.15. The lowest BCUT2D eigenvalue weighted by Crippen LogP contribution is -1.78. The van der Waals surface area contributed by atoms with Gasteiger partial charge < -0.3 is 0 Å². The van der Waals surface area contributed by atoms with E-state index in [-0.39, 0.29) is 0 Å². The molecule has 1 aliphatic carbocycles. The Morgan fingerprint density at radius 1 is 1.86 bits per heavy atom. The van der Waals surface area contributed by atoms with Crippen LogP contribution in [-0.4, -0.2) is 0 Å². The number of hydrogen-bond donors (Lipinski definition) is 0. The Balaban J connectivity index is 2.72. The SMILES string of the molecule is [2H]C([2H])([2H])C1=CC=CCC1. The molecule has 38 valence electrons. The highest BCUT2D eigenvalue weighted by Crippen LogP contribution is 2.08. The van der Waals surface area contributed by atoms with Crippen LogP contribution < -0.4 is 0 Å². The van der Waals surface area contributed by atoms with Crippen LogP contribution in [0.25, 0.3) is 0 Å². The zero-order valence-electron chi connectivity index (χ0n) is 7.15. The summed E-state index contributed by atoms with van der Waals surface area (Å²) in [7, 11) is 0. The average molecular weight is 97.2 g/mol. The molecule has 7 heavy (non-hydrogen) atoms. The van der Waals surface area contributed by atoms with Gasteiger partial charge in [0.1, 0.15) is 0 Å². The Kier molecular flexibility index (Phi) is 0.608. The van der Waals surface area contributed by atoms with Gasteiger partial charge in [0.25, 0.3) is 0 Å². The Morgan fingerprint density at radius 3 is 3.29 bits per heavy atom. The molecule has 0 nitrogen and oxygen atoms in total. The van der Waals surface area contributed by atoms with Crippen molar-refractivity contribution in [2.75, 3.05) is 0 Å². The normalized spacial score (nSPS) is 27.4. The van der Waals surface area contributed by atoms with Crippen molar-refractivity contribution < 1.29 is 4.11 Å². The lowest BCUT2D eigenvalue weighted by Gasteiger charge is -1.98. The fourth-order valence-electron chi connectivity index (χ4n) is 0.603. The molecule has 0 bridgehead atoms. The van der Waals surface area contributed by atoms with Gasteiger partial charge in [-0.1, -0.05) is 23.8 Å². The highest BCUT2D eigenvalue weighted by atomic mass is 13.9. The molecule has 0 radical (unpaired) electrons.